The Morgan fingerprint density at radius 3 is 2.76 bits per heavy atom. The predicted molar refractivity (Wildman–Crippen MR) is 73.5 cm³/mol. The lowest BCUT2D eigenvalue weighted by atomic mass is 10.0. The molecule has 1 heterocycles. The van der Waals surface area contributed by atoms with Crippen molar-refractivity contribution in [3.63, 3.8) is 0 Å². The van der Waals surface area contributed by atoms with Crippen molar-refractivity contribution < 1.29 is 4.79 Å². The number of carbonyl (C=O) groups is 1. The van der Waals surface area contributed by atoms with Crippen LogP contribution >= 0.6 is 28.1 Å². The zero-order chi connectivity index (χ0) is 12.8. The highest BCUT2D eigenvalue weighted by Gasteiger charge is 2.20. The molecule has 0 aliphatic rings. The summed E-state index contributed by atoms with van der Waals surface area (Å²) in [5, 5.41) is 2.63. The van der Waals surface area contributed by atoms with Gasteiger partial charge in [0, 0.05) is 0 Å². The molecule has 1 aromatic heterocycles. The van der Waals surface area contributed by atoms with Crippen molar-refractivity contribution in [3.05, 3.63) is 17.0 Å². The summed E-state index contributed by atoms with van der Waals surface area (Å²) < 4.78 is 0.606. The van der Waals surface area contributed by atoms with Gasteiger partial charge >= 0.3 is 0 Å². The van der Waals surface area contributed by atoms with Crippen LogP contribution < -0.4 is 11.1 Å². The number of nitrogens with two attached hydrogens (primary N) is 1. The molecule has 1 atom stereocenters. The second-order valence-corrected chi connectivity index (χ2v) is 4.74. The lowest BCUT2D eigenvalue weighted by molar-refractivity contribution is -0.118. The Kier molecular flexibility index (Phi) is 5.43. The van der Waals surface area contributed by atoms with E-state index < -0.39 is 5.92 Å². The highest BCUT2D eigenvalue weighted by Crippen LogP contribution is 2.11. The first-order chi connectivity index (χ1) is 8.04. The molecule has 0 aromatic carbocycles. The van der Waals surface area contributed by atoms with Gasteiger partial charge in [-0.1, -0.05) is 25.6 Å². The van der Waals surface area contributed by atoms with Crippen LogP contribution in [0.15, 0.2) is 17.0 Å². The number of anilines is 1. The third-order valence-corrected chi connectivity index (χ3v) is 2.80. The van der Waals surface area contributed by atoms with E-state index in [1.807, 2.05) is 6.92 Å². The Hall–Kier alpha value is -1.08. The molecule has 1 amide bonds. The van der Waals surface area contributed by atoms with Crippen molar-refractivity contribution in [3.8, 4) is 0 Å². The fraction of sp³-hybridized carbons (Fsp3) is 0.400. The first-order valence-electron chi connectivity index (χ1n) is 5.12. The quantitative estimate of drug-likeness (QED) is 0.811. The van der Waals surface area contributed by atoms with Gasteiger partial charge in [-0.05, 0) is 22.4 Å². The lowest BCUT2D eigenvalue weighted by Crippen LogP contribution is -2.33. The van der Waals surface area contributed by atoms with Crippen LogP contribution in [0.1, 0.15) is 19.8 Å². The summed E-state index contributed by atoms with van der Waals surface area (Å²) in [4.78, 5) is 20.0. The summed E-state index contributed by atoms with van der Waals surface area (Å²) in [6.45, 7) is 1.97. The maximum absolute atomic E-state index is 11.9. The summed E-state index contributed by atoms with van der Waals surface area (Å²) in [6.07, 6.45) is 4.43. The molecule has 1 unspecified atom stereocenters. The first kappa shape index (κ1) is 14.0. The molecule has 0 spiro atoms. The maximum Gasteiger partial charge on any atom is 0.235 e. The number of nitrogens with one attached hydrogen (secondary N) is 1. The fourth-order valence-corrected chi connectivity index (χ4v) is 1.71. The predicted octanol–water partition coefficient (Wildman–Crippen LogP) is 1.88. The second-order valence-electron chi connectivity index (χ2n) is 3.46. The molecule has 0 saturated heterocycles. The average molecular weight is 317 g/mol. The van der Waals surface area contributed by atoms with Gasteiger partial charge in [0.25, 0.3) is 0 Å². The van der Waals surface area contributed by atoms with Gasteiger partial charge in [-0.15, -0.1) is 0 Å². The van der Waals surface area contributed by atoms with E-state index in [-0.39, 0.29) is 10.9 Å². The topological polar surface area (TPSA) is 80.9 Å². The normalized spacial score (nSPS) is 11.9. The number of aromatic nitrogens is 2. The number of nitrogens with zero attached hydrogens (tertiary/aromatic N) is 2. The average Bonchev–Trinajstić information content (AvgIpc) is 2.28. The molecule has 1 aromatic rings. The summed E-state index contributed by atoms with van der Waals surface area (Å²) in [5.41, 5.74) is 5.53. The molecule has 0 radical (unpaired) electrons. The van der Waals surface area contributed by atoms with Crippen LogP contribution in [0.5, 0.6) is 0 Å². The van der Waals surface area contributed by atoms with Crippen LogP contribution in [0.4, 0.5) is 5.82 Å². The summed E-state index contributed by atoms with van der Waals surface area (Å²) in [7, 11) is 0. The van der Waals surface area contributed by atoms with E-state index in [0.717, 1.165) is 6.42 Å². The molecule has 3 N–H and O–H groups in total. The van der Waals surface area contributed by atoms with Crippen LogP contribution in [0.2, 0.25) is 0 Å². The Morgan fingerprint density at radius 1 is 1.59 bits per heavy atom. The van der Waals surface area contributed by atoms with E-state index in [1.54, 1.807) is 0 Å². The van der Waals surface area contributed by atoms with Crippen LogP contribution in [0, 0.1) is 5.92 Å². The summed E-state index contributed by atoms with van der Waals surface area (Å²) >= 11 is 8.03. The van der Waals surface area contributed by atoms with Gasteiger partial charge in [0.05, 0.1) is 23.3 Å². The molecule has 17 heavy (non-hydrogen) atoms. The number of halogens is 1. The summed E-state index contributed by atoms with van der Waals surface area (Å²) in [6, 6.07) is 0. The van der Waals surface area contributed by atoms with E-state index in [1.165, 1.54) is 12.4 Å². The van der Waals surface area contributed by atoms with Gasteiger partial charge in [0.15, 0.2) is 5.82 Å². The molecular formula is C10H13BrN4OS. The zero-order valence-corrected chi connectivity index (χ0v) is 11.7. The Bertz CT molecular complexity index is 409. The third kappa shape index (κ3) is 4.35. The number of rotatable bonds is 5. The monoisotopic (exact) mass is 316 g/mol. The first-order valence-corrected chi connectivity index (χ1v) is 6.32. The van der Waals surface area contributed by atoms with Gasteiger partial charge < -0.3 is 11.1 Å². The number of thiocarbonyl (C=S) groups is 1. The van der Waals surface area contributed by atoms with E-state index in [9.17, 15) is 4.79 Å². The van der Waals surface area contributed by atoms with Crippen LogP contribution in [0.3, 0.4) is 0 Å². The molecule has 7 heteroatoms. The van der Waals surface area contributed by atoms with Gasteiger partial charge in [-0.2, -0.15) is 0 Å². The minimum atomic E-state index is -0.458. The number of hydrogen-bond acceptors (Lipinski definition) is 4. The highest BCUT2D eigenvalue weighted by atomic mass is 79.9. The number of hydrogen-bond donors (Lipinski definition) is 2. The van der Waals surface area contributed by atoms with Crippen LogP contribution in [-0.2, 0) is 4.79 Å². The van der Waals surface area contributed by atoms with Crippen molar-refractivity contribution >= 4 is 44.9 Å². The maximum atomic E-state index is 11.9. The van der Waals surface area contributed by atoms with Crippen LogP contribution in [0.25, 0.3) is 0 Å². The number of carbonyl (C=O) groups excluding carboxylic acids is 1. The van der Waals surface area contributed by atoms with E-state index >= 15 is 0 Å². The lowest BCUT2D eigenvalue weighted by Gasteiger charge is -2.13. The van der Waals surface area contributed by atoms with Crippen molar-refractivity contribution in [1.29, 1.82) is 0 Å². The van der Waals surface area contributed by atoms with Gasteiger partial charge in [0.2, 0.25) is 5.91 Å². The molecule has 1 rings (SSSR count). The van der Waals surface area contributed by atoms with E-state index in [4.69, 9.17) is 18.0 Å². The van der Waals surface area contributed by atoms with E-state index in [2.05, 4.69) is 31.2 Å². The SMILES string of the molecule is CCCC(C(=O)Nc1cnc(Br)cn1)C(N)=S. The van der Waals surface area contributed by atoms with Gasteiger partial charge in [-0.3, -0.25) is 4.79 Å². The van der Waals surface area contributed by atoms with Gasteiger partial charge in [-0.25, -0.2) is 9.97 Å². The zero-order valence-electron chi connectivity index (χ0n) is 9.31. The van der Waals surface area contributed by atoms with E-state index in [0.29, 0.717) is 16.8 Å². The Balaban J connectivity index is 2.69. The molecule has 0 aliphatic carbocycles. The molecule has 0 saturated carbocycles. The van der Waals surface area contributed by atoms with Gasteiger partial charge in [0.1, 0.15) is 4.60 Å². The fourth-order valence-electron chi connectivity index (χ4n) is 1.28. The molecule has 0 fully saturated rings. The standard InChI is InChI=1S/C10H13BrN4OS/c1-2-3-6(9(12)17)10(16)15-8-5-13-7(11)4-14-8/h4-6H,2-3H2,1H3,(H2,12,17)(H,14,15,16). The Morgan fingerprint density at radius 2 is 2.29 bits per heavy atom. The smallest absolute Gasteiger partial charge is 0.235 e. The van der Waals surface area contributed by atoms with Crippen molar-refractivity contribution in [2.24, 2.45) is 11.7 Å². The molecular weight excluding hydrogens is 304 g/mol. The molecule has 92 valence electrons. The van der Waals surface area contributed by atoms with Crippen molar-refractivity contribution in [1.82, 2.24) is 9.97 Å². The minimum Gasteiger partial charge on any atom is -0.393 e. The summed E-state index contributed by atoms with van der Waals surface area (Å²) in [5.74, 6) is -0.313. The second kappa shape index (κ2) is 6.61. The van der Waals surface area contributed by atoms with Crippen molar-refractivity contribution in [2.45, 2.75) is 19.8 Å². The molecule has 0 aliphatic heterocycles. The minimum absolute atomic E-state index is 0.203. The van der Waals surface area contributed by atoms with Crippen molar-refractivity contribution in [2.75, 3.05) is 5.32 Å². The van der Waals surface area contributed by atoms with Crippen LogP contribution in [-0.4, -0.2) is 20.9 Å². The highest BCUT2D eigenvalue weighted by molar-refractivity contribution is 9.10. The molecule has 5 nitrogen and oxygen atoms in total. The molecule has 0 bridgehead atoms. The largest absolute Gasteiger partial charge is 0.393 e. The number of amides is 1. The third-order valence-electron chi connectivity index (χ3n) is 2.11. The Labute approximate surface area is 113 Å².